The number of benzene rings is 2. The topological polar surface area (TPSA) is 41.1 Å². The Kier molecular flexibility index (Phi) is 5.67. The lowest BCUT2D eigenvalue weighted by molar-refractivity contribution is -0.118. The molecule has 132 valence electrons. The van der Waals surface area contributed by atoms with Crippen LogP contribution >= 0.6 is 23.2 Å². The van der Waals surface area contributed by atoms with Gasteiger partial charge >= 0.3 is 0 Å². The van der Waals surface area contributed by atoms with Crippen molar-refractivity contribution in [1.82, 2.24) is 5.32 Å². The van der Waals surface area contributed by atoms with Crippen LogP contribution in [0, 0.1) is 12.8 Å². The van der Waals surface area contributed by atoms with Crippen LogP contribution in [-0.2, 0) is 4.79 Å². The van der Waals surface area contributed by atoms with E-state index in [1.54, 1.807) is 18.2 Å². The summed E-state index contributed by atoms with van der Waals surface area (Å²) in [5.41, 5.74) is 2.92. The summed E-state index contributed by atoms with van der Waals surface area (Å²) < 4.78 is 0. The lowest BCUT2D eigenvalue weighted by atomic mass is 10.00. The fourth-order valence-electron chi connectivity index (χ4n) is 2.90. The molecule has 3 nitrogen and oxygen atoms in total. The van der Waals surface area contributed by atoms with Gasteiger partial charge in [0.25, 0.3) is 0 Å². The van der Waals surface area contributed by atoms with Gasteiger partial charge in [0.2, 0.25) is 5.91 Å². The van der Waals surface area contributed by atoms with Crippen LogP contribution in [0.25, 0.3) is 0 Å². The number of amides is 1. The molecule has 0 bridgehead atoms. The molecule has 1 saturated carbocycles. The van der Waals surface area contributed by atoms with Gasteiger partial charge in [0.05, 0.1) is 21.8 Å². The van der Waals surface area contributed by atoms with Crippen molar-refractivity contribution >= 4 is 34.8 Å². The highest BCUT2D eigenvalue weighted by Gasteiger charge is 2.34. The van der Waals surface area contributed by atoms with Crippen LogP contribution in [0.5, 0.6) is 0 Å². The van der Waals surface area contributed by atoms with Crippen molar-refractivity contribution in [2.45, 2.75) is 38.8 Å². The van der Waals surface area contributed by atoms with E-state index in [1.807, 2.05) is 6.92 Å². The SMILES string of the molecule is Cc1ccc([C@H](N[C@H](C)C(=O)Nc2c(Cl)cccc2Cl)C2CC2)cc1. The first-order valence-corrected chi connectivity index (χ1v) is 9.29. The molecule has 2 N–H and O–H groups in total. The molecule has 0 saturated heterocycles. The first-order valence-electron chi connectivity index (χ1n) is 8.53. The van der Waals surface area contributed by atoms with Gasteiger partial charge in [-0.25, -0.2) is 0 Å². The number of rotatable bonds is 6. The molecule has 2 aromatic rings. The van der Waals surface area contributed by atoms with E-state index >= 15 is 0 Å². The first-order chi connectivity index (χ1) is 12.0. The number of carbonyl (C=O) groups excluding carboxylic acids is 1. The molecule has 1 aliphatic carbocycles. The minimum atomic E-state index is -0.362. The molecular weight excluding hydrogens is 355 g/mol. The van der Waals surface area contributed by atoms with E-state index in [-0.39, 0.29) is 18.0 Å². The predicted octanol–water partition coefficient (Wildman–Crippen LogP) is 5.37. The van der Waals surface area contributed by atoms with Crippen LogP contribution in [0.4, 0.5) is 5.69 Å². The number of carbonyl (C=O) groups is 1. The number of hydrogen-bond acceptors (Lipinski definition) is 2. The molecule has 1 fully saturated rings. The van der Waals surface area contributed by atoms with Gasteiger partial charge in [0.15, 0.2) is 0 Å². The van der Waals surface area contributed by atoms with Crippen molar-refractivity contribution in [3.63, 3.8) is 0 Å². The molecule has 3 rings (SSSR count). The first kappa shape index (κ1) is 18.2. The number of nitrogens with one attached hydrogen (secondary N) is 2. The zero-order valence-corrected chi connectivity index (χ0v) is 15.9. The summed E-state index contributed by atoms with van der Waals surface area (Å²) in [7, 11) is 0. The highest BCUT2D eigenvalue weighted by Crippen LogP contribution is 2.41. The minimum absolute atomic E-state index is 0.146. The van der Waals surface area contributed by atoms with Gasteiger partial charge in [-0.05, 0) is 50.3 Å². The van der Waals surface area contributed by atoms with Crippen LogP contribution in [0.2, 0.25) is 10.0 Å². The maximum atomic E-state index is 12.6. The maximum Gasteiger partial charge on any atom is 0.241 e. The molecule has 0 unspecified atom stereocenters. The smallest absolute Gasteiger partial charge is 0.241 e. The Morgan fingerprint density at radius 1 is 1.08 bits per heavy atom. The van der Waals surface area contributed by atoms with Crippen LogP contribution < -0.4 is 10.6 Å². The van der Waals surface area contributed by atoms with Gasteiger partial charge in [0.1, 0.15) is 0 Å². The Balaban J connectivity index is 1.70. The summed E-state index contributed by atoms with van der Waals surface area (Å²) in [5.74, 6) is 0.439. The molecule has 1 aliphatic rings. The monoisotopic (exact) mass is 376 g/mol. The summed E-state index contributed by atoms with van der Waals surface area (Å²) >= 11 is 12.3. The van der Waals surface area contributed by atoms with E-state index in [0.29, 0.717) is 21.7 Å². The zero-order valence-electron chi connectivity index (χ0n) is 14.4. The summed E-state index contributed by atoms with van der Waals surface area (Å²) in [6.07, 6.45) is 2.38. The maximum absolute atomic E-state index is 12.6. The molecule has 0 aliphatic heterocycles. The van der Waals surface area contributed by atoms with Crippen LogP contribution in [-0.4, -0.2) is 11.9 Å². The Bertz CT molecular complexity index is 737. The van der Waals surface area contributed by atoms with Gasteiger partial charge in [-0.15, -0.1) is 0 Å². The molecule has 2 atom stereocenters. The van der Waals surface area contributed by atoms with Gasteiger partial charge in [-0.2, -0.15) is 0 Å². The average molecular weight is 377 g/mol. The van der Waals surface area contributed by atoms with E-state index in [1.165, 1.54) is 24.0 Å². The molecule has 2 aromatic carbocycles. The quantitative estimate of drug-likeness (QED) is 0.711. The normalized spacial score (nSPS) is 16.3. The molecule has 0 aromatic heterocycles. The van der Waals surface area contributed by atoms with E-state index < -0.39 is 0 Å². The summed E-state index contributed by atoms with van der Waals surface area (Å²) in [4.78, 5) is 12.6. The van der Waals surface area contributed by atoms with Crippen molar-refractivity contribution in [2.24, 2.45) is 5.92 Å². The molecule has 1 amide bonds. The highest BCUT2D eigenvalue weighted by atomic mass is 35.5. The average Bonchev–Trinajstić information content (AvgIpc) is 3.41. The lowest BCUT2D eigenvalue weighted by Crippen LogP contribution is -2.41. The van der Waals surface area contributed by atoms with Crippen LogP contribution in [0.15, 0.2) is 42.5 Å². The predicted molar refractivity (Wildman–Crippen MR) is 104 cm³/mol. The Labute approximate surface area is 158 Å². The van der Waals surface area contributed by atoms with Crippen LogP contribution in [0.1, 0.15) is 36.9 Å². The van der Waals surface area contributed by atoms with Crippen molar-refractivity contribution < 1.29 is 4.79 Å². The van der Waals surface area contributed by atoms with Crippen molar-refractivity contribution in [3.8, 4) is 0 Å². The molecule has 0 heterocycles. The standard InChI is InChI=1S/C20H22Cl2N2O/c1-12-6-8-14(9-7-12)18(15-10-11-15)23-13(2)20(25)24-19-16(21)4-3-5-17(19)22/h3-9,13,15,18,23H,10-11H2,1-2H3,(H,24,25)/t13-,18+/m1/s1. The third-order valence-corrected chi connectivity index (χ3v) is 5.19. The van der Waals surface area contributed by atoms with Gasteiger partial charge in [-0.3, -0.25) is 10.1 Å². The number of hydrogen-bond donors (Lipinski definition) is 2. The second-order valence-electron chi connectivity index (χ2n) is 6.70. The molecule has 0 spiro atoms. The van der Waals surface area contributed by atoms with E-state index in [9.17, 15) is 4.79 Å². The third kappa shape index (κ3) is 4.55. The number of halogens is 2. The second kappa shape index (κ2) is 7.77. The second-order valence-corrected chi connectivity index (χ2v) is 7.51. The molecule has 5 heteroatoms. The third-order valence-electron chi connectivity index (χ3n) is 4.56. The molecular formula is C20H22Cl2N2O. The van der Waals surface area contributed by atoms with Gasteiger partial charge in [0, 0.05) is 6.04 Å². The van der Waals surface area contributed by atoms with E-state index in [2.05, 4.69) is 41.8 Å². The molecule has 0 radical (unpaired) electrons. The Morgan fingerprint density at radius 2 is 1.68 bits per heavy atom. The number of anilines is 1. The molecule has 25 heavy (non-hydrogen) atoms. The van der Waals surface area contributed by atoms with Crippen molar-refractivity contribution in [2.75, 3.05) is 5.32 Å². The summed E-state index contributed by atoms with van der Waals surface area (Å²) in [6.45, 7) is 3.94. The van der Waals surface area contributed by atoms with Crippen molar-refractivity contribution in [1.29, 1.82) is 0 Å². The Morgan fingerprint density at radius 3 is 2.24 bits per heavy atom. The summed E-state index contributed by atoms with van der Waals surface area (Å²) in [5, 5.41) is 7.18. The van der Waals surface area contributed by atoms with E-state index in [0.717, 1.165) is 0 Å². The van der Waals surface area contributed by atoms with Gasteiger partial charge in [-0.1, -0.05) is 59.1 Å². The Hall–Kier alpha value is -1.55. The van der Waals surface area contributed by atoms with Gasteiger partial charge < -0.3 is 5.32 Å². The fourth-order valence-corrected chi connectivity index (χ4v) is 3.39. The van der Waals surface area contributed by atoms with E-state index in [4.69, 9.17) is 23.2 Å². The fraction of sp³-hybridized carbons (Fsp3) is 0.350. The highest BCUT2D eigenvalue weighted by molar-refractivity contribution is 6.39. The zero-order chi connectivity index (χ0) is 18.0. The van der Waals surface area contributed by atoms with Crippen molar-refractivity contribution in [3.05, 3.63) is 63.6 Å². The minimum Gasteiger partial charge on any atom is -0.322 e. The number of para-hydroxylation sites is 1. The number of aryl methyl sites for hydroxylation is 1. The largest absolute Gasteiger partial charge is 0.322 e. The van der Waals surface area contributed by atoms with Crippen LogP contribution in [0.3, 0.4) is 0 Å². The lowest BCUT2D eigenvalue weighted by Gasteiger charge is -2.24. The summed E-state index contributed by atoms with van der Waals surface area (Å²) in [6, 6.07) is 13.5.